The summed E-state index contributed by atoms with van der Waals surface area (Å²) in [5, 5.41) is 3.67. The molecule has 4 rings (SSSR count). The van der Waals surface area contributed by atoms with Crippen LogP contribution in [0.15, 0.2) is 22.7 Å². The number of aromatic nitrogens is 2. The van der Waals surface area contributed by atoms with E-state index >= 15 is 0 Å². The van der Waals surface area contributed by atoms with E-state index in [9.17, 15) is 4.79 Å². The van der Waals surface area contributed by atoms with Crippen LogP contribution in [-0.4, -0.2) is 33.1 Å². The second-order valence-electron chi connectivity index (χ2n) is 7.39. The zero-order valence-electron chi connectivity index (χ0n) is 14.5. The fourth-order valence-corrected chi connectivity index (χ4v) is 3.79. The third-order valence-corrected chi connectivity index (χ3v) is 4.86. The first-order chi connectivity index (χ1) is 11.9. The van der Waals surface area contributed by atoms with Crippen molar-refractivity contribution in [2.75, 3.05) is 6.54 Å². The Morgan fingerprint density at radius 3 is 3.04 bits per heavy atom. The molecular formula is C18H22N4O3. The molecule has 1 amide bonds. The summed E-state index contributed by atoms with van der Waals surface area (Å²) in [4.78, 5) is 17.6. The van der Waals surface area contributed by atoms with E-state index in [1.807, 2.05) is 0 Å². The number of primary amides is 1. The first-order valence-electron chi connectivity index (χ1n) is 8.60. The number of nitrogens with two attached hydrogens (primary N) is 1. The number of nitrogens with zero attached hydrogens (tertiary/aromatic N) is 3. The van der Waals surface area contributed by atoms with Crippen LogP contribution >= 0.6 is 0 Å². The van der Waals surface area contributed by atoms with Gasteiger partial charge >= 0.3 is 0 Å². The van der Waals surface area contributed by atoms with E-state index in [-0.39, 0.29) is 17.5 Å². The number of para-hydroxylation sites is 1. The number of fused-ring (bicyclic) bond motifs is 1. The van der Waals surface area contributed by atoms with Crippen molar-refractivity contribution in [3.05, 3.63) is 41.0 Å². The molecule has 132 valence electrons. The smallest absolute Gasteiger partial charge is 0.290 e. The maximum Gasteiger partial charge on any atom is 0.290 e. The average Bonchev–Trinajstić information content (AvgIpc) is 3.23. The normalized spacial score (nSPS) is 21.9. The summed E-state index contributed by atoms with van der Waals surface area (Å²) >= 11 is 0. The predicted molar refractivity (Wildman–Crippen MR) is 90.1 cm³/mol. The molecule has 1 aromatic heterocycles. The molecule has 0 spiro atoms. The van der Waals surface area contributed by atoms with Gasteiger partial charge in [-0.15, -0.1) is 0 Å². The van der Waals surface area contributed by atoms with Gasteiger partial charge in [-0.2, -0.15) is 4.98 Å². The van der Waals surface area contributed by atoms with Crippen molar-refractivity contribution in [2.24, 2.45) is 5.73 Å². The molecule has 1 atom stereocenters. The summed E-state index contributed by atoms with van der Waals surface area (Å²) in [5.74, 6) is 0.727. The molecule has 7 nitrogen and oxygen atoms in total. The number of hydrogen-bond acceptors (Lipinski definition) is 6. The van der Waals surface area contributed by atoms with Crippen molar-refractivity contribution < 1.29 is 14.1 Å². The van der Waals surface area contributed by atoms with Crippen molar-refractivity contribution >= 4 is 5.91 Å². The molecule has 25 heavy (non-hydrogen) atoms. The molecule has 1 fully saturated rings. The van der Waals surface area contributed by atoms with Crippen molar-refractivity contribution in [2.45, 2.75) is 51.3 Å². The maximum absolute atomic E-state index is 11.2. The highest BCUT2D eigenvalue weighted by atomic mass is 16.5. The van der Waals surface area contributed by atoms with E-state index in [4.69, 9.17) is 15.0 Å². The summed E-state index contributed by atoms with van der Waals surface area (Å²) in [6, 6.07) is 6.33. The Bertz CT molecular complexity index is 814. The van der Waals surface area contributed by atoms with Crippen LogP contribution in [-0.2, 0) is 13.0 Å². The van der Waals surface area contributed by atoms with Crippen molar-refractivity contribution in [1.29, 1.82) is 0 Å². The predicted octanol–water partition coefficient (Wildman–Crippen LogP) is 2.22. The van der Waals surface area contributed by atoms with Gasteiger partial charge in [0.1, 0.15) is 11.4 Å². The quantitative estimate of drug-likeness (QED) is 0.915. The van der Waals surface area contributed by atoms with Crippen LogP contribution in [0.5, 0.6) is 5.75 Å². The Balaban J connectivity index is 1.57. The topological polar surface area (TPSA) is 94.5 Å². The summed E-state index contributed by atoms with van der Waals surface area (Å²) in [6.45, 7) is 5.91. The highest BCUT2D eigenvalue weighted by Gasteiger charge is 2.35. The van der Waals surface area contributed by atoms with Gasteiger partial charge in [0, 0.05) is 18.5 Å². The Morgan fingerprint density at radius 1 is 1.44 bits per heavy atom. The number of ether oxygens (including phenoxy) is 1. The molecule has 2 aromatic rings. The van der Waals surface area contributed by atoms with Gasteiger partial charge in [0.05, 0.1) is 6.04 Å². The van der Waals surface area contributed by atoms with Crippen molar-refractivity contribution in [1.82, 2.24) is 15.0 Å². The molecule has 7 heteroatoms. The van der Waals surface area contributed by atoms with E-state index in [2.05, 4.69) is 47.1 Å². The molecule has 3 heterocycles. The van der Waals surface area contributed by atoms with Gasteiger partial charge in [-0.1, -0.05) is 23.4 Å². The van der Waals surface area contributed by atoms with Crippen molar-refractivity contribution in [3.63, 3.8) is 0 Å². The van der Waals surface area contributed by atoms with Crippen molar-refractivity contribution in [3.8, 4) is 5.75 Å². The van der Waals surface area contributed by atoms with Crippen LogP contribution in [0, 0.1) is 0 Å². The van der Waals surface area contributed by atoms with Crippen LogP contribution in [0.1, 0.15) is 60.4 Å². The minimum absolute atomic E-state index is 0.00543. The van der Waals surface area contributed by atoms with E-state index in [1.165, 1.54) is 11.1 Å². The number of rotatable bonds is 4. The Hall–Kier alpha value is -2.41. The molecule has 0 radical (unpaired) electrons. The molecule has 1 aromatic carbocycles. The summed E-state index contributed by atoms with van der Waals surface area (Å²) in [7, 11) is 0. The molecule has 0 unspecified atom stereocenters. The van der Waals surface area contributed by atoms with Crippen LogP contribution in [0.25, 0.3) is 0 Å². The number of amides is 1. The lowest BCUT2D eigenvalue weighted by Gasteiger charge is -2.23. The summed E-state index contributed by atoms with van der Waals surface area (Å²) in [6.07, 6.45) is 2.88. The Kier molecular flexibility index (Phi) is 3.76. The minimum atomic E-state index is -0.670. The van der Waals surface area contributed by atoms with Gasteiger partial charge < -0.3 is 15.0 Å². The number of likely N-dealkylation sites (tertiary alicyclic amines) is 1. The number of hydrogen-bond donors (Lipinski definition) is 1. The zero-order valence-corrected chi connectivity index (χ0v) is 14.5. The molecule has 2 N–H and O–H groups in total. The number of carbonyl (C=O) groups is 1. The first-order valence-corrected chi connectivity index (χ1v) is 8.60. The number of benzene rings is 1. The van der Waals surface area contributed by atoms with E-state index in [1.54, 1.807) is 0 Å². The third-order valence-electron chi connectivity index (χ3n) is 4.86. The highest BCUT2D eigenvalue weighted by molar-refractivity contribution is 5.88. The molecular weight excluding hydrogens is 320 g/mol. The zero-order chi connectivity index (χ0) is 17.6. The first kappa shape index (κ1) is 16.1. The lowest BCUT2D eigenvalue weighted by atomic mass is 10.0. The number of carbonyl (C=O) groups excluding carboxylic acids is 1. The van der Waals surface area contributed by atoms with Crippen LogP contribution < -0.4 is 10.5 Å². The summed E-state index contributed by atoms with van der Waals surface area (Å²) in [5.41, 5.74) is 7.48. The SMILES string of the molecule is CC1(C)Cc2cccc(CN3CCC[C@H]3c3nc(C(N)=O)no3)c2O1. The summed E-state index contributed by atoms with van der Waals surface area (Å²) < 4.78 is 11.4. The van der Waals surface area contributed by atoms with E-state index < -0.39 is 5.91 Å². The molecule has 0 aliphatic carbocycles. The fraction of sp³-hybridized carbons (Fsp3) is 0.500. The van der Waals surface area contributed by atoms with Gasteiger partial charge in [0.15, 0.2) is 0 Å². The lowest BCUT2D eigenvalue weighted by Crippen LogP contribution is -2.26. The van der Waals surface area contributed by atoms with Gasteiger partial charge in [-0.25, -0.2) is 0 Å². The molecule has 1 saturated heterocycles. The molecule has 2 aliphatic heterocycles. The van der Waals surface area contributed by atoms with Gasteiger partial charge in [0.2, 0.25) is 5.89 Å². The maximum atomic E-state index is 11.2. The standard InChI is InChI=1S/C18H22N4O3/c1-18(2)9-11-5-3-6-12(14(11)24-18)10-22-8-4-7-13(22)17-20-16(15(19)23)21-25-17/h3,5-6,13H,4,7-10H2,1-2H3,(H2,19,23)/t13-/m0/s1. The molecule has 0 saturated carbocycles. The molecule has 0 bridgehead atoms. The average molecular weight is 342 g/mol. The highest BCUT2D eigenvalue weighted by Crippen LogP contribution is 2.40. The van der Waals surface area contributed by atoms with E-state index in [0.29, 0.717) is 5.89 Å². The van der Waals surface area contributed by atoms with Gasteiger partial charge in [-0.05, 0) is 38.8 Å². The van der Waals surface area contributed by atoms with Crippen LogP contribution in [0.2, 0.25) is 0 Å². The van der Waals surface area contributed by atoms with Gasteiger partial charge in [-0.3, -0.25) is 9.69 Å². The lowest BCUT2D eigenvalue weighted by molar-refractivity contribution is 0.0987. The Labute approximate surface area is 146 Å². The Morgan fingerprint density at radius 2 is 2.28 bits per heavy atom. The molecule has 2 aliphatic rings. The largest absolute Gasteiger partial charge is 0.487 e. The minimum Gasteiger partial charge on any atom is -0.487 e. The third kappa shape index (κ3) is 3.00. The van der Waals surface area contributed by atoms with Crippen LogP contribution in [0.3, 0.4) is 0 Å². The van der Waals surface area contributed by atoms with E-state index in [0.717, 1.165) is 38.1 Å². The van der Waals surface area contributed by atoms with Gasteiger partial charge in [0.25, 0.3) is 11.7 Å². The van der Waals surface area contributed by atoms with Crippen LogP contribution in [0.4, 0.5) is 0 Å². The fourth-order valence-electron chi connectivity index (χ4n) is 3.79. The second kappa shape index (κ2) is 5.84. The second-order valence-corrected chi connectivity index (χ2v) is 7.39. The monoisotopic (exact) mass is 342 g/mol.